The lowest BCUT2D eigenvalue weighted by Crippen LogP contribution is -1.93. The Hall–Kier alpha value is -1.91. The molecule has 1 rings (SSSR count). The molecule has 0 fully saturated rings. The Balaban J connectivity index is 0. The average Bonchev–Trinajstić information content (AvgIpc) is 2.21. The number of carboxylic acids is 1. The normalized spacial score (nSPS) is 7.40. The van der Waals surface area contributed by atoms with Gasteiger partial charge in [-0.25, -0.2) is 4.79 Å². The summed E-state index contributed by atoms with van der Waals surface area (Å²) >= 11 is 0. The highest BCUT2D eigenvalue weighted by Crippen LogP contribution is 1.96. The highest BCUT2D eigenvalue weighted by atomic mass is 16.6. The highest BCUT2D eigenvalue weighted by Gasteiger charge is 1.96. The standard InChI is InChI=1S/C7H6O2.C2H6.CH3NO2/c8-7(9)6-4-2-1-3-5-6;1-2;1-2(3)4/h1-5H,(H,8,9);1-2H3;1H3. The van der Waals surface area contributed by atoms with E-state index in [2.05, 4.69) is 0 Å². The molecule has 5 nitrogen and oxygen atoms in total. The van der Waals surface area contributed by atoms with Gasteiger partial charge in [0.1, 0.15) is 0 Å². The number of aromatic carboxylic acids is 1. The van der Waals surface area contributed by atoms with Crippen molar-refractivity contribution < 1.29 is 14.8 Å². The van der Waals surface area contributed by atoms with Crippen LogP contribution in [0.1, 0.15) is 24.2 Å². The van der Waals surface area contributed by atoms with E-state index in [0.29, 0.717) is 5.56 Å². The maximum atomic E-state index is 10.2. The molecule has 0 bridgehead atoms. The second-order valence-electron chi connectivity index (χ2n) is 2.11. The zero-order valence-electron chi connectivity index (χ0n) is 9.01. The Bertz CT molecular complexity index is 281. The topological polar surface area (TPSA) is 80.4 Å². The van der Waals surface area contributed by atoms with Crippen molar-refractivity contribution in [3.8, 4) is 0 Å². The summed E-state index contributed by atoms with van der Waals surface area (Å²) in [5.41, 5.74) is 0.331. The van der Waals surface area contributed by atoms with E-state index in [4.69, 9.17) is 15.2 Å². The van der Waals surface area contributed by atoms with Gasteiger partial charge in [0.25, 0.3) is 0 Å². The Kier molecular flexibility index (Phi) is 10.6. The Morgan fingerprint density at radius 2 is 1.60 bits per heavy atom. The monoisotopic (exact) mass is 213 g/mol. The molecule has 0 saturated heterocycles. The van der Waals surface area contributed by atoms with Crippen molar-refractivity contribution in [3.63, 3.8) is 0 Å². The molecule has 0 amide bonds. The Morgan fingerprint density at radius 1 is 1.27 bits per heavy atom. The van der Waals surface area contributed by atoms with Crippen molar-refractivity contribution in [3.05, 3.63) is 46.0 Å². The van der Waals surface area contributed by atoms with Crippen LogP contribution in [0.2, 0.25) is 0 Å². The molecule has 0 aromatic heterocycles. The number of nitro groups is 1. The van der Waals surface area contributed by atoms with Gasteiger partial charge in [0.2, 0.25) is 0 Å². The first kappa shape index (κ1) is 15.6. The largest absolute Gasteiger partial charge is 0.478 e. The van der Waals surface area contributed by atoms with E-state index in [9.17, 15) is 4.79 Å². The van der Waals surface area contributed by atoms with Gasteiger partial charge >= 0.3 is 5.97 Å². The second-order valence-corrected chi connectivity index (χ2v) is 2.11. The number of rotatable bonds is 1. The summed E-state index contributed by atoms with van der Waals surface area (Å²) in [4.78, 5) is 18.5. The van der Waals surface area contributed by atoms with Crippen molar-refractivity contribution in [2.45, 2.75) is 13.8 Å². The molecule has 84 valence electrons. The smallest absolute Gasteiger partial charge is 0.335 e. The van der Waals surface area contributed by atoms with E-state index in [0.717, 1.165) is 7.05 Å². The fourth-order valence-electron chi connectivity index (χ4n) is 0.581. The van der Waals surface area contributed by atoms with Crippen LogP contribution in [-0.2, 0) is 0 Å². The average molecular weight is 213 g/mol. The number of hydrogen-bond acceptors (Lipinski definition) is 3. The molecule has 1 aromatic rings. The molecule has 0 atom stereocenters. The molecule has 0 radical (unpaired) electrons. The van der Waals surface area contributed by atoms with Gasteiger partial charge in [-0.3, -0.25) is 10.1 Å². The summed E-state index contributed by atoms with van der Waals surface area (Å²) in [5, 5.41) is 17.2. The van der Waals surface area contributed by atoms with Crippen molar-refractivity contribution >= 4 is 5.97 Å². The summed E-state index contributed by atoms with van der Waals surface area (Å²) in [5.74, 6) is -0.879. The lowest BCUT2D eigenvalue weighted by atomic mass is 10.2. The third-order valence-corrected chi connectivity index (χ3v) is 1.02. The fraction of sp³-hybridized carbons (Fsp3) is 0.300. The minimum absolute atomic E-state index is 0.331. The molecule has 0 saturated carbocycles. The Morgan fingerprint density at radius 3 is 1.80 bits per heavy atom. The van der Waals surface area contributed by atoms with Crippen LogP contribution in [0.5, 0.6) is 0 Å². The van der Waals surface area contributed by atoms with E-state index in [1.165, 1.54) is 0 Å². The minimum Gasteiger partial charge on any atom is -0.478 e. The van der Waals surface area contributed by atoms with Crippen LogP contribution >= 0.6 is 0 Å². The van der Waals surface area contributed by atoms with Crippen LogP contribution in [-0.4, -0.2) is 23.0 Å². The number of nitrogens with zero attached hydrogens (tertiary/aromatic N) is 1. The van der Waals surface area contributed by atoms with Gasteiger partial charge in [0.15, 0.2) is 7.05 Å². The second kappa shape index (κ2) is 10.2. The van der Waals surface area contributed by atoms with Crippen LogP contribution < -0.4 is 0 Å². The predicted octanol–water partition coefficient (Wildman–Crippen LogP) is 2.30. The third kappa shape index (κ3) is 12.1. The SMILES string of the molecule is CC.C[N+](=O)[O-].O=C(O)c1ccccc1. The third-order valence-electron chi connectivity index (χ3n) is 1.02. The molecular weight excluding hydrogens is 198 g/mol. The van der Waals surface area contributed by atoms with E-state index in [1.54, 1.807) is 30.3 Å². The summed E-state index contributed by atoms with van der Waals surface area (Å²) in [7, 11) is 0.889. The van der Waals surface area contributed by atoms with Gasteiger partial charge in [-0.2, -0.15) is 0 Å². The van der Waals surface area contributed by atoms with Crippen LogP contribution in [0, 0.1) is 10.1 Å². The van der Waals surface area contributed by atoms with Gasteiger partial charge in [-0.15, -0.1) is 0 Å². The van der Waals surface area contributed by atoms with Crippen molar-refractivity contribution in [1.82, 2.24) is 0 Å². The van der Waals surface area contributed by atoms with Gasteiger partial charge < -0.3 is 5.11 Å². The zero-order valence-corrected chi connectivity index (χ0v) is 9.01. The van der Waals surface area contributed by atoms with Crippen LogP contribution in [0.3, 0.4) is 0 Å². The molecule has 1 aromatic carbocycles. The molecule has 0 heterocycles. The van der Waals surface area contributed by atoms with E-state index < -0.39 is 10.9 Å². The van der Waals surface area contributed by atoms with Gasteiger partial charge in [0.05, 0.1) is 5.56 Å². The van der Waals surface area contributed by atoms with Crippen molar-refractivity contribution in [2.24, 2.45) is 0 Å². The quantitative estimate of drug-likeness (QED) is 0.573. The van der Waals surface area contributed by atoms with Crippen molar-refractivity contribution in [1.29, 1.82) is 0 Å². The lowest BCUT2D eigenvalue weighted by molar-refractivity contribution is -0.445. The van der Waals surface area contributed by atoms with Gasteiger partial charge in [0, 0.05) is 4.92 Å². The maximum absolute atomic E-state index is 10.2. The fourth-order valence-corrected chi connectivity index (χ4v) is 0.581. The number of hydrogen-bond donors (Lipinski definition) is 1. The van der Waals surface area contributed by atoms with E-state index in [1.807, 2.05) is 13.8 Å². The van der Waals surface area contributed by atoms with E-state index in [-0.39, 0.29) is 0 Å². The molecule has 5 heteroatoms. The highest BCUT2D eigenvalue weighted by molar-refractivity contribution is 5.87. The molecule has 0 spiro atoms. The van der Waals surface area contributed by atoms with E-state index >= 15 is 0 Å². The van der Waals surface area contributed by atoms with Crippen LogP contribution in [0.25, 0.3) is 0 Å². The van der Waals surface area contributed by atoms with Crippen molar-refractivity contribution in [2.75, 3.05) is 7.05 Å². The molecule has 0 aliphatic rings. The summed E-state index contributed by atoms with van der Waals surface area (Å²) in [6.07, 6.45) is 0. The zero-order chi connectivity index (χ0) is 12.3. The summed E-state index contributed by atoms with van der Waals surface area (Å²) in [6.45, 7) is 4.00. The van der Waals surface area contributed by atoms with Crippen LogP contribution in [0.15, 0.2) is 30.3 Å². The number of benzene rings is 1. The summed E-state index contributed by atoms with van der Waals surface area (Å²) < 4.78 is 0. The number of carbonyl (C=O) groups is 1. The molecule has 0 aliphatic heterocycles. The number of carboxylic acid groups (broad SMARTS) is 1. The first-order valence-electron chi connectivity index (χ1n) is 4.40. The molecule has 1 N–H and O–H groups in total. The predicted molar refractivity (Wildman–Crippen MR) is 57.7 cm³/mol. The molecular formula is C10H15NO4. The molecule has 0 unspecified atom stereocenters. The molecule has 15 heavy (non-hydrogen) atoms. The Labute approximate surface area is 88.5 Å². The molecule has 0 aliphatic carbocycles. The lowest BCUT2D eigenvalue weighted by Gasteiger charge is -1.88. The maximum Gasteiger partial charge on any atom is 0.335 e. The van der Waals surface area contributed by atoms with Gasteiger partial charge in [-0.05, 0) is 12.1 Å². The van der Waals surface area contributed by atoms with Crippen LogP contribution in [0.4, 0.5) is 0 Å². The first-order valence-corrected chi connectivity index (χ1v) is 4.40. The minimum atomic E-state index is -0.879. The van der Waals surface area contributed by atoms with Gasteiger partial charge in [-0.1, -0.05) is 32.0 Å². The summed E-state index contributed by atoms with van der Waals surface area (Å²) in [6, 6.07) is 8.30. The first-order chi connectivity index (χ1) is 7.04.